The van der Waals surface area contributed by atoms with Crippen molar-refractivity contribution in [3.63, 3.8) is 0 Å². The van der Waals surface area contributed by atoms with Crippen molar-refractivity contribution in [2.24, 2.45) is 0 Å². The summed E-state index contributed by atoms with van der Waals surface area (Å²) in [5, 5.41) is 3.95. The molecular formula is C18H21ClFN3O2S. The Bertz CT molecular complexity index is 831. The highest BCUT2D eigenvalue weighted by atomic mass is 35.5. The second-order valence-electron chi connectivity index (χ2n) is 6.68. The van der Waals surface area contributed by atoms with Gasteiger partial charge in [0.1, 0.15) is 10.7 Å². The maximum absolute atomic E-state index is 13.4. The van der Waals surface area contributed by atoms with E-state index in [4.69, 9.17) is 11.6 Å². The Morgan fingerprint density at radius 1 is 1.27 bits per heavy atom. The molecule has 0 unspecified atom stereocenters. The first kappa shape index (κ1) is 19.1. The summed E-state index contributed by atoms with van der Waals surface area (Å²) in [6.45, 7) is 6.52. The monoisotopic (exact) mass is 397 g/mol. The third-order valence-electron chi connectivity index (χ3n) is 4.26. The van der Waals surface area contributed by atoms with Gasteiger partial charge in [0.2, 0.25) is 5.91 Å². The summed E-state index contributed by atoms with van der Waals surface area (Å²) in [4.78, 5) is 28.9. The topological polar surface area (TPSA) is 52.7 Å². The van der Waals surface area contributed by atoms with Gasteiger partial charge in [-0.15, -0.1) is 11.3 Å². The number of halogens is 2. The number of hydrogen-bond donors (Lipinski definition) is 1. The third-order valence-corrected chi connectivity index (χ3v) is 5.91. The van der Waals surface area contributed by atoms with Crippen molar-refractivity contribution in [3.8, 4) is 0 Å². The smallest absolute Gasteiger partial charge is 0.265 e. The fourth-order valence-corrected chi connectivity index (χ4v) is 4.50. The maximum Gasteiger partial charge on any atom is 0.265 e. The number of piperazine rings is 1. The van der Waals surface area contributed by atoms with Crippen LogP contribution in [0.2, 0.25) is 5.02 Å². The highest BCUT2D eigenvalue weighted by molar-refractivity contribution is 7.21. The van der Waals surface area contributed by atoms with E-state index >= 15 is 0 Å². The summed E-state index contributed by atoms with van der Waals surface area (Å²) < 4.78 is 14.1. The lowest BCUT2D eigenvalue weighted by Gasteiger charge is -2.34. The molecule has 1 aliphatic rings. The summed E-state index contributed by atoms with van der Waals surface area (Å²) in [5.41, 5.74) is 0. The van der Waals surface area contributed by atoms with Gasteiger partial charge < -0.3 is 10.2 Å². The quantitative estimate of drug-likeness (QED) is 0.862. The van der Waals surface area contributed by atoms with Crippen LogP contribution in [-0.2, 0) is 4.79 Å². The first-order chi connectivity index (χ1) is 12.3. The van der Waals surface area contributed by atoms with E-state index in [1.165, 1.54) is 23.5 Å². The molecule has 3 rings (SSSR count). The number of hydrogen-bond acceptors (Lipinski definition) is 4. The zero-order valence-electron chi connectivity index (χ0n) is 14.7. The number of thiophene rings is 1. The second kappa shape index (κ2) is 7.90. The Balaban J connectivity index is 1.64. The van der Waals surface area contributed by atoms with Gasteiger partial charge in [0.15, 0.2) is 0 Å². The van der Waals surface area contributed by atoms with Gasteiger partial charge in [0.05, 0.1) is 11.6 Å². The molecule has 1 aromatic carbocycles. The van der Waals surface area contributed by atoms with Gasteiger partial charge in [-0.25, -0.2) is 4.39 Å². The van der Waals surface area contributed by atoms with Crippen molar-refractivity contribution in [3.05, 3.63) is 33.9 Å². The number of nitrogens with one attached hydrogen (secondary N) is 1. The van der Waals surface area contributed by atoms with E-state index in [1.807, 2.05) is 18.7 Å². The number of nitrogens with zero attached hydrogens (tertiary/aromatic N) is 2. The SMILES string of the molecule is CC(C)NC(=O)CN1CCN(C(=O)c2sc3cc(F)ccc3c2Cl)CC1. The molecule has 2 amide bonds. The van der Waals surface area contributed by atoms with Crippen molar-refractivity contribution < 1.29 is 14.0 Å². The van der Waals surface area contributed by atoms with E-state index in [9.17, 15) is 14.0 Å². The zero-order valence-corrected chi connectivity index (χ0v) is 16.3. The normalized spacial score (nSPS) is 15.7. The molecule has 5 nitrogen and oxygen atoms in total. The first-order valence-electron chi connectivity index (χ1n) is 8.53. The molecule has 1 aromatic heterocycles. The van der Waals surface area contributed by atoms with E-state index in [2.05, 4.69) is 5.32 Å². The van der Waals surface area contributed by atoms with Crippen LogP contribution >= 0.6 is 22.9 Å². The lowest BCUT2D eigenvalue weighted by molar-refractivity contribution is -0.123. The lowest BCUT2D eigenvalue weighted by Crippen LogP contribution is -2.51. The van der Waals surface area contributed by atoms with Gasteiger partial charge >= 0.3 is 0 Å². The average Bonchev–Trinajstić information content (AvgIpc) is 2.90. The van der Waals surface area contributed by atoms with Crippen LogP contribution in [0.5, 0.6) is 0 Å². The molecule has 1 N–H and O–H groups in total. The maximum atomic E-state index is 13.4. The predicted molar refractivity (Wildman–Crippen MR) is 102 cm³/mol. The zero-order chi connectivity index (χ0) is 18.8. The number of amides is 2. The van der Waals surface area contributed by atoms with E-state index in [0.29, 0.717) is 52.7 Å². The predicted octanol–water partition coefficient (Wildman–Crippen LogP) is 2.98. The number of carbonyl (C=O) groups excluding carboxylic acids is 2. The Hall–Kier alpha value is -1.70. The Kier molecular flexibility index (Phi) is 5.79. The van der Waals surface area contributed by atoms with Crippen LogP contribution in [0, 0.1) is 5.82 Å². The molecule has 0 saturated carbocycles. The van der Waals surface area contributed by atoms with Crippen LogP contribution in [0.3, 0.4) is 0 Å². The van der Waals surface area contributed by atoms with Crippen LogP contribution in [-0.4, -0.2) is 60.4 Å². The summed E-state index contributed by atoms with van der Waals surface area (Å²) >= 11 is 7.56. The summed E-state index contributed by atoms with van der Waals surface area (Å²) in [6, 6.07) is 4.46. The van der Waals surface area contributed by atoms with Gasteiger partial charge in [0, 0.05) is 42.3 Å². The number of rotatable bonds is 4. The van der Waals surface area contributed by atoms with Gasteiger partial charge in [0.25, 0.3) is 5.91 Å². The van der Waals surface area contributed by atoms with E-state index in [0.717, 1.165) is 0 Å². The molecular weight excluding hydrogens is 377 g/mol. The van der Waals surface area contributed by atoms with Crippen molar-refractivity contribution in [1.29, 1.82) is 0 Å². The molecule has 0 bridgehead atoms. The summed E-state index contributed by atoms with van der Waals surface area (Å²) in [7, 11) is 0. The highest BCUT2D eigenvalue weighted by Crippen LogP contribution is 2.36. The Labute approximate surface area is 160 Å². The molecule has 0 aliphatic carbocycles. The second-order valence-corrected chi connectivity index (χ2v) is 8.11. The lowest BCUT2D eigenvalue weighted by atomic mass is 10.2. The molecule has 1 aliphatic heterocycles. The van der Waals surface area contributed by atoms with Crippen LogP contribution in [0.1, 0.15) is 23.5 Å². The van der Waals surface area contributed by atoms with Crippen LogP contribution in [0.15, 0.2) is 18.2 Å². The van der Waals surface area contributed by atoms with Crippen LogP contribution < -0.4 is 5.32 Å². The highest BCUT2D eigenvalue weighted by Gasteiger charge is 2.26. The molecule has 0 atom stereocenters. The fourth-order valence-electron chi connectivity index (χ4n) is 3.00. The largest absolute Gasteiger partial charge is 0.353 e. The minimum Gasteiger partial charge on any atom is -0.353 e. The molecule has 8 heteroatoms. The number of benzene rings is 1. The fraction of sp³-hybridized carbons (Fsp3) is 0.444. The third kappa shape index (κ3) is 4.16. The molecule has 2 aromatic rings. The van der Waals surface area contributed by atoms with Crippen LogP contribution in [0.4, 0.5) is 4.39 Å². The molecule has 26 heavy (non-hydrogen) atoms. The standard InChI is InChI=1S/C18H21ClFN3O2S/c1-11(2)21-15(24)10-22-5-7-23(8-6-22)18(25)17-16(19)13-4-3-12(20)9-14(13)26-17/h3-4,9,11H,5-8,10H2,1-2H3,(H,21,24). The molecule has 1 saturated heterocycles. The number of carbonyl (C=O) groups is 2. The van der Waals surface area contributed by atoms with Gasteiger partial charge in [-0.2, -0.15) is 0 Å². The summed E-state index contributed by atoms with van der Waals surface area (Å²) in [6.07, 6.45) is 0. The van der Waals surface area contributed by atoms with E-state index in [-0.39, 0.29) is 23.7 Å². The van der Waals surface area contributed by atoms with Crippen molar-refractivity contribution in [1.82, 2.24) is 15.1 Å². The molecule has 2 heterocycles. The Morgan fingerprint density at radius 3 is 2.62 bits per heavy atom. The Morgan fingerprint density at radius 2 is 1.96 bits per heavy atom. The first-order valence-corrected chi connectivity index (χ1v) is 9.73. The number of fused-ring (bicyclic) bond motifs is 1. The van der Waals surface area contributed by atoms with E-state index < -0.39 is 0 Å². The minimum absolute atomic E-state index is 0.00523. The van der Waals surface area contributed by atoms with E-state index in [1.54, 1.807) is 11.0 Å². The minimum atomic E-state index is -0.345. The average molecular weight is 398 g/mol. The van der Waals surface area contributed by atoms with Gasteiger partial charge in [-0.1, -0.05) is 11.6 Å². The molecule has 140 valence electrons. The van der Waals surface area contributed by atoms with Gasteiger partial charge in [-0.3, -0.25) is 14.5 Å². The van der Waals surface area contributed by atoms with Crippen LogP contribution in [0.25, 0.3) is 10.1 Å². The summed E-state index contributed by atoms with van der Waals surface area (Å²) in [5.74, 6) is -0.486. The van der Waals surface area contributed by atoms with Gasteiger partial charge in [-0.05, 0) is 32.0 Å². The molecule has 1 fully saturated rings. The van der Waals surface area contributed by atoms with Crippen molar-refractivity contribution >= 4 is 44.8 Å². The van der Waals surface area contributed by atoms with Crippen molar-refractivity contribution in [2.45, 2.75) is 19.9 Å². The molecule has 0 radical (unpaired) electrons. The van der Waals surface area contributed by atoms with Crippen molar-refractivity contribution in [2.75, 3.05) is 32.7 Å². The molecule has 0 spiro atoms.